The summed E-state index contributed by atoms with van der Waals surface area (Å²) < 4.78 is 5.73. The van der Waals surface area contributed by atoms with Gasteiger partial charge in [0.25, 0.3) is 0 Å². The lowest BCUT2D eigenvalue weighted by Gasteiger charge is -2.26. The Morgan fingerprint density at radius 2 is 1.95 bits per heavy atom. The first-order chi connectivity index (χ1) is 9.47. The molecule has 1 aromatic rings. The monoisotopic (exact) mass is 277 g/mol. The zero-order valence-corrected chi connectivity index (χ0v) is 13.1. The predicted molar refractivity (Wildman–Crippen MR) is 84.2 cm³/mol. The van der Waals surface area contributed by atoms with Crippen molar-refractivity contribution in [3.63, 3.8) is 0 Å². The highest BCUT2D eigenvalue weighted by Gasteiger charge is 2.30. The second-order valence-electron chi connectivity index (χ2n) is 6.55. The molecule has 1 heterocycles. The first-order valence-corrected chi connectivity index (χ1v) is 7.63. The summed E-state index contributed by atoms with van der Waals surface area (Å²) in [6, 6.07) is 4.57. The number of nitrogen functional groups attached to an aromatic ring is 1. The fourth-order valence-electron chi connectivity index (χ4n) is 2.17. The number of pyridine rings is 1. The third kappa shape index (κ3) is 4.02. The molecule has 0 aliphatic heterocycles. The molecule has 0 unspecified atom stereocenters. The Morgan fingerprint density at radius 3 is 2.50 bits per heavy atom. The molecule has 0 saturated heterocycles. The van der Waals surface area contributed by atoms with E-state index in [2.05, 4.69) is 37.6 Å². The standard InChI is InChI=1S/C16H27N3O/c1-11(2)9-19(13-5-6-13)15-8-7-14(17)16(18-15)20-10-12(3)4/h7-8,11-13H,5-6,9-10,17H2,1-4H3. The Labute approximate surface area is 122 Å². The summed E-state index contributed by atoms with van der Waals surface area (Å²) in [5.41, 5.74) is 6.58. The average molecular weight is 277 g/mol. The second-order valence-corrected chi connectivity index (χ2v) is 6.55. The van der Waals surface area contributed by atoms with E-state index in [4.69, 9.17) is 10.5 Å². The summed E-state index contributed by atoms with van der Waals surface area (Å²) in [4.78, 5) is 7.03. The molecule has 0 bridgehead atoms. The summed E-state index contributed by atoms with van der Waals surface area (Å²) in [7, 11) is 0. The van der Waals surface area contributed by atoms with Crippen LogP contribution in [-0.4, -0.2) is 24.2 Å². The second kappa shape index (κ2) is 6.33. The SMILES string of the molecule is CC(C)COc1nc(N(CC(C)C)C2CC2)ccc1N. The molecule has 112 valence electrons. The van der Waals surface area contributed by atoms with Crippen molar-refractivity contribution in [3.8, 4) is 5.88 Å². The molecule has 4 heteroatoms. The molecule has 0 amide bonds. The quantitative estimate of drug-likeness (QED) is 0.830. The molecule has 4 nitrogen and oxygen atoms in total. The van der Waals surface area contributed by atoms with Crippen LogP contribution in [0.1, 0.15) is 40.5 Å². The zero-order chi connectivity index (χ0) is 14.7. The van der Waals surface area contributed by atoms with Crippen LogP contribution >= 0.6 is 0 Å². The summed E-state index contributed by atoms with van der Waals surface area (Å²) in [6.45, 7) is 10.4. The van der Waals surface area contributed by atoms with Crippen LogP contribution in [0.15, 0.2) is 12.1 Å². The van der Waals surface area contributed by atoms with Crippen LogP contribution in [0.25, 0.3) is 0 Å². The first-order valence-electron chi connectivity index (χ1n) is 7.63. The fraction of sp³-hybridized carbons (Fsp3) is 0.688. The van der Waals surface area contributed by atoms with Crippen LogP contribution in [0.5, 0.6) is 5.88 Å². The Bertz CT molecular complexity index is 441. The highest BCUT2D eigenvalue weighted by atomic mass is 16.5. The van der Waals surface area contributed by atoms with Crippen LogP contribution in [0.2, 0.25) is 0 Å². The van der Waals surface area contributed by atoms with Crippen LogP contribution in [0.4, 0.5) is 11.5 Å². The number of rotatable bonds is 7. The van der Waals surface area contributed by atoms with Gasteiger partial charge in [-0.05, 0) is 36.8 Å². The summed E-state index contributed by atoms with van der Waals surface area (Å²) in [5.74, 6) is 2.66. The number of hydrogen-bond donors (Lipinski definition) is 1. The summed E-state index contributed by atoms with van der Waals surface area (Å²) >= 11 is 0. The Kier molecular flexibility index (Phi) is 4.73. The number of anilines is 2. The maximum atomic E-state index is 5.96. The van der Waals surface area contributed by atoms with E-state index in [1.807, 2.05) is 12.1 Å². The molecule has 2 rings (SSSR count). The third-order valence-electron chi connectivity index (χ3n) is 3.27. The van der Waals surface area contributed by atoms with Crippen molar-refractivity contribution in [1.29, 1.82) is 0 Å². The lowest BCUT2D eigenvalue weighted by molar-refractivity contribution is 0.263. The number of nitrogens with zero attached hydrogens (tertiary/aromatic N) is 2. The number of hydrogen-bond acceptors (Lipinski definition) is 4. The van der Waals surface area contributed by atoms with Crippen molar-refractivity contribution in [1.82, 2.24) is 4.98 Å². The summed E-state index contributed by atoms with van der Waals surface area (Å²) in [6.07, 6.45) is 2.53. The van der Waals surface area contributed by atoms with Gasteiger partial charge in [-0.25, -0.2) is 0 Å². The van der Waals surface area contributed by atoms with E-state index in [9.17, 15) is 0 Å². The molecule has 0 spiro atoms. The maximum Gasteiger partial charge on any atom is 0.239 e. The number of aromatic nitrogens is 1. The van der Waals surface area contributed by atoms with Gasteiger partial charge in [-0.1, -0.05) is 27.7 Å². The lowest BCUT2D eigenvalue weighted by Crippen LogP contribution is -2.30. The molecule has 0 radical (unpaired) electrons. The molecule has 1 fully saturated rings. The Balaban J connectivity index is 2.15. The molecular weight excluding hydrogens is 250 g/mol. The van der Waals surface area contributed by atoms with Crippen LogP contribution < -0.4 is 15.4 Å². The van der Waals surface area contributed by atoms with E-state index in [0.717, 1.165) is 12.4 Å². The van der Waals surface area contributed by atoms with Gasteiger partial charge in [-0.15, -0.1) is 0 Å². The molecule has 0 aromatic carbocycles. The minimum Gasteiger partial charge on any atom is -0.476 e. The van der Waals surface area contributed by atoms with Crippen molar-refractivity contribution in [3.05, 3.63) is 12.1 Å². The average Bonchev–Trinajstić information content (AvgIpc) is 3.19. The first kappa shape index (κ1) is 14.9. The van der Waals surface area contributed by atoms with E-state index in [1.165, 1.54) is 12.8 Å². The van der Waals surface area contributed by atoms with Crippen molar-refractivity contribution >= 4 is 11.5 Å². The number of ether oxygens (including phenoxy) is 1. The number of nitrogens with two attached hydrogens (primary N) is 1. The topological polar surface area (TPSA) is 51.4 Å². The van der Waals surface area contributed by atoms with E-state index in [-0.39, 0.29) is 0 Å². The minimum absolute atomic E-state index is 0.468. The third-order valence-corrected chi connectivity index (χ3v) is 3.27. The normalized spacial score (nSPS) is 14.9. The van der Waals surface area contributed by atoms with Gasteiger partial charge in [0, 0.05) is 12.6 Å². The van der Waals surface area contributed by atoms with Gasteiger partial charge < -0.3 is 15.4 Å². The van der Waals surface area contributed by atoms with Gasteiger partial charge >= 0.3 is 0 Å². The highest BCUT2D eigenvalue weighted by molar-refractivity contribution is 5.55. The van der Waals surface area contributed by atoms with E-state index in [0.29, 0.717) is 36.1 Å². The molecule has 1 aromatic heterocycles. The van der Waals surface area contributed by atoms with Crippen LogP contribution in [-0.2, 0) is 0 Å². The van der Waals surface area contributed by atoms with Gasteiger partial charge in [-0.2, -0.15) is 4.98 Å². The Hall–Kier alpha value is -1.45. The molecule has 1 aliphatic carbocycles. The van der Waals surface area contributed by atoms with Gasteiger partial charge in [0.05, 0.1) is 12.3 Å². The largest absolute Gasteiger partial charge is 0.476 e. The Morgan fingerprint density at radius 1 is 1.25 bits per heavy atom. The molecular formula is C16H27N3O. The highest BCUT2D eigenvalue weighted by Crippen LogP contribution is 2.33. The van der Waals surface area contributed by atoms with Gasteiger partial charge in [-0.3, -0.25) is 0 Å². The van der Waals surface area contributed by atoms with E-state index >= 15 is 0 Å². The van der Waals surface area contributed by atoms with Gasteiger partial charge in [0.2, 0.25) is 5.88 Å². The molecule has 1 saturated carbocycles. The molecule has 0 atom stereocenters. The maximum absolute atomic E-state index is 5.96. The summed E-state index contributed by atoms with van der Waals surface area (Å²) in [5, 5.41) is 0. The van der Waals surface area contributed by atoms with Crippen molar-refractivity contribution in [2.24, 2.45) is 11.8 Å². The van der Waals surface area contributed by atoms with E-state index < -0.39 is 0 Å². The van der Waals surface area contributed by atoms with Crippen molar-refractivity contribution < 1.29 is 4.74 Å². The van der Waals surface area contributed by atoms with Gasteiger partial charge in [0.15, 0.2) is 0 Å². The predicted octanol–water partition coefficient (Wildman–Crippen LogP) is 3.32. The molecule has 20 heavy (non-hydrogen) atoms. The van der Waals surface area contributed by atoms with Gasteiger partial charge in [0.1, 0.15) is 5.82 Å². The zero-order valence-electron chi connectivity index (χ0n) is 13.1. The lowest BCUT2D eigenvalue weighted by atomic mass is 10.2. The van der Waals surface area contributed by atoms with Crippen LogP contribution in [0, 0.1) is 11.8 Å². The molecule has 2 N–H and O–H groups in total. The van der Waals surface area contributed by atoms with Crippen LogP contribution in [0.3, 0.4) is 0 Å². The minimum atomic E-state index is 0.468. The molecule has 1 aliphatic rings. The van der Waals surface area contributed by atoms with E-state index in [1.54, 1.807) is 0 Å². The smallest absolute Gasteiger partial charge is 0.239 e. The van der Waals surface area contributed by atoms with Crippen molar-refractivity contribution in [2.75, 3.05) is 23.8 Å². The fourth-order valence-corrected chi connectivity index (χ4v) is 2.17. The van der Waals surface area contributed by atoms with Crippen molar-refractivity contribution in [2.45, 2.75) is 46.6 Å².